The van der Waals surface area contributed by atoms with Gasteiger partial charge in [0.25, 0.3) is 0 Å². The smallest absolute Gasteiger partial charge is 0.312 e. The molecule has 0 saturated heterocycles. The molecule has 20 heavy (non-hydrogen) atoms. The lowest BCUT2D eigenvalue weighted by Crippen LogP contribution is -2.50. The van der Waals surface area contributed by atoms with Crippen molar-refractivity contribution < 1.29 is 19.7 Å². The summed E-state index contributed by atoms with van der Waals surface area (Å²) in [5.74, 6) is -0.314. The number of fused-ring (bicyclic) bond motifs is 1. The van der Waals surface area contributed by atoms with E-state index >= 15 is 0 Å². The molecule has 1 aromatic carbocycles. The topological polar surface area (TPSA) is 66.8 Å². The molecule has 0 heterocycles. The highest BCUT2D eigenvalue weighted by Gasteiger charge is 2.54. The molecular weight excluding hydrogens is 256 g/mol. The summed E-state index contributed by atoms with van der Waals surface area (Å²) in [5, 5.41) is 20.8. The van der Waals surface area contributed by atoms with E-state index in [0.717, 1.165) is 18.4 Å². The molecule has 2 N–H and O–H groups in total. The quantitative estimate of drug-likeness (QED) is 0.888. The van der Waals surface area contributed by atoms with Crippen molar-refractivity contribution in [2.24, 2.45) is 5.41 Å². The predicted molar refractivity (Wildman–Crippen MR) is 75.9 cm³/mol. The highest BCUT2D eigenvalue weighted by molar-refractivity contribution is 5.76. The second kappa shape index (κ2) is 5.09. The number of benzene rings is 1. The number of ether oxygens (including phenoxy) is 1. The van der Waals surface area contributed by atoms with Gasteiger partial charge in [-0.3, -0.25) is 4.79 Å². The molecule has 0 amide bonds. The molecule has 4 nitrogen and oxygen atoms in total. The minimum Gasteiger partial charge on any atom is -0.497 e. The number of rotatable bonds is 4. The third-order valence-electron chi connectivity index (χ3n) is 4.84. The summed E-state index contributed by atoms with van der Waals surface area (Å²) >= 11 is 0. The Hall–Kier alpha value is -1.55. The van der Waals surface area contributed by atoms with Crippen LogP contribution in [0, 0.1) is 5.41 Å². The van der Waals surface area contributed by atoms with Crippen LogP contribution >= 0.6 is 0 Å². The van der Waals surface area contributed by atoms with Crippen LogP contribution in [0.3, 0.4) is 0 Å². The number of carboxylic acid groups (broad SMARTS) is 1. The van der Waals surface area contributed by atoms with E-state index in [9.17, 15) is 15.0 Å². The van der Waals surface area contributed by atoms with Crippen LogP contribution < -0.4 is 4.74 Å². The van der Waals surface area contributed by atoms with E-state index in [4.69, 9.17) is 4.74 Å². The minimum absolute atomic E-state index is 0.371. The zero-order valence-corrected chi connectivity index (χ0v) is 12.3. The van der Waals surface area contributed by atoms with Crippen LogP contribution in [0.25, 0.3) is 0 Å². The Labute approximate surface area is 119 Å². The average Bonchev–Trinajstić information content (AvgIpc) is 2.46. The molecule has 0 radical (unpaired) electrons. The Bertz CT molecular complexity index is 525. The first-order chi connectivity index (χ1) is 9.39. The molecule has 2 atom stereocenters. The Morgan fingerprint density at radius 2 is 2.20 bits per heavy atom. The number of aliphatic hydroxyl groups is 1. The maximum atomic E-state index is 11.7. The first-order valence-corrected chi connectivity index (χ1v) is 7.02. The van der Waals surface area contributed by atoms with Gasteiger partial charge in [-0.15, -0.1) is 0 Å². The SMILES string of the molecule is CCC(C)(C(=O)O)C1(O)CCCc2ccc(OC)cc21. The van der Waals surface area contributed by atoms with Gasteiger partial charge >= 0.3 is 5.97 Å². The van der Waals surface area contributed by atoms with Gasteiger partial charge in [0.05, 0.1) is 12.5 Å². The summed E-state index contributed by atoms with van der Waals surface area (Å²) in [5.41, 5.74) is -0.833. The van der Waals surface area contributed by atoms with E-state index in [1.807, 2.05) is 12.1 Å². The Balaban J connectivity index is 2.62. The molecule has 2 unspecified atom stereocenters. The molecule has 1 aliphatic carbocycles. The van der Waals surface area contributed by atoms with Crippen LogP contribution in [-0.2, 0) is 16.8 Å². The normalized spacial score (nSPS) is 24.6. The van der Waals surface area contributed by atoms with E-state index in [-0.39, 0.29) is 0 Å². The number of aliphatic carboxylic acids is 1. The van der Waals surface area contributed by atoms with Crippen LogP contribution in [-0.4, -0.2) is 23.3 Å². The monoisotopic (exact) mass is 278 g/mol. The van der Waals surface area contributed by atoms with Crippen molar-refractivity contribution in [1.29, 1.82) is 0 Å². The molecule has 0 saturated carbocycles. The number of hydrogen-bond donors (Lipinski definition) is 2. The number of carbonyl (C=O) groups is 1. The fourth-order valence-corrected chi connectivity index (χ4v) is 3.15. The molecule has 4 heteroatoms. The fourth-order valence-electron chi connectivity index (χ4n) is 3.15. The van der Waals surface area contributed by atoms with Crippen molar-refractivity contribution in [3.8, 4) is 5.75 Å². The standard InChI is InChI=1S/C16H22O4/c1-4-15(2,14(17)18)16(19)9-5-6-11-7-8-12(20-3)10-13(11)16/h7-8,10,19H,4-6,9H2,1-3H3,(H,17,18). The molecule has 1 aromatic rings. The van der Waals surface area contributed by atoms with Crippen molar-refractivity contribution in [3.63, 3.8) is 0 Å². The van der Waals surface area contributed by atoms with Crippen LogP contribution in [0.1, 0.15) is 44.2 Å². The summed E-state index contributed by atoms with van der Waals surface area (Å²) in [6.45, 7) is 3.43. The van der Waals surface area contributed by atoms with Gasteiger partial charge in [-0.2, -0.15) is 0 Å². The van der Waals surface area contributed by atoms with Crippen molar-refractivity contribution >= 4 is 5.97 Å². The number of carboxylic acids is 1. The third-order valence-corrected chi connectivity index (χ3v) is 4.84. The molecule has 0 bridgehead atoms. The van der Waals surface area contributed by atoms with E-state index in [0.29, 0.717) is 24.2 Å². The van der Waals surface area contributed by atoms with Gasteiger partial charge in [0.2, 0.25) is 0 Å². The summed E-state index contributed by atoms with van der Waals surface area (Å²) in [7, 11) is 1.57. The molecule has 0 aromatic heterocycles. The summed E-state index contributed by atoms with van der Waals surface area (Å²) in [6.07, 6.45) is 2.49. The van der Waals surface area contributed by atoms with Crippen LogP contribution in [0.4, 0.5) is 0 Å². The average molecular weight is 278 g/mol. The van der Waals surface area contributed by atoms with Gasteiger partial charge in [-0.05, 0) is 55.9 Å². The lowest BCUT2D eigenvalue weighted by atomic mass is 9.62. The third kappa shape index (κ3) is 1.99. The van der Waals surface area contributed by atoms with Gasteiger partial charge in [0, 0.05) is 0 Å². The highest BCUT2D eigenvalue weighted by Crippen LogP contribution is 2.50. The maximum absolute atomic E-state index is 11.7. The lowest BCUT2D eigenvalue weighted by molar-refractivity contribution is -0.172. The van der Waals surface area contributed by atoms with Crippen molar-refractivity contribution in [2.75, 3.05) is 7.11 Å². The summed E-state index contributed by atoms with van der Waals surface area (Å²) < 4.78 is 5.22. The van der Waals surface area contributed by atoms with Gasteiger partial charge in [-0.25, -0.2) is 0 Å². The molecule has 2 rings (SSSR count). The Morgan fingerprint density at radius 3 is 2.75 bits per heavy atom. The van der Waals surface area contributed by atoms with Gasteiger partial charge < -0.3 is 14.9 Å². The minimum atomic E-state index is -1.35. The lowest BCUT2D eigenvalue weighted by Gasteiger charge is -2.45. The van der Waals surface area contributed by atoms with Gasteiger partial charge in [-0.1, -0.05) is 13.0 Å². The van der Waals surface area contributed by atoms with E-state index in [1.165, 1.54) is 0 Å². The van der Waals surface area contributed by atoms with Crippen molar-refractivity contribution in [1.82, 2.24) is 0 Å². The highest BCUT2D eigenvalue weighted by atomic mass is 16.5. The fraction of sp³-hybridized carbons (Fsp3) is 0.562. The van der Waals surface area contributed by atoms with E-state index in [2.05, 4.69) is 0 Å². The largest absolute Gasteiger partial charge is 0.497 e. The van der Waals surface area contributed by atoms with Gasteiger partial charge in [0.1, 0.15) is 11.4 Å². The first-order valence-electron chi connectivity index (χ1n) is 7.02. The zero-order valence-electron chi connectivity index (χ0n) is 12.3. The van der Waals surface area contributed by atoms with Crippen LogP contribution in [0.5, 0.6) is 5.75 Å². The van der Waals surface area contributed by atoms with Crippen molar-refractivity contribution in [2.45, 2.75) is 45.1 Å². The second-order valence-corrected chi connectivity index (χ2v) is 5.73. The van der Waals surface area contributed by atoms with Crippen molar-refractivity contribution in [3.05, 3.63) is 29.3 Å². The summed E-state index contributed by atoms with van der Waals surface area (Å²) in [4.78, 5) is 11.7. The Kier molecular flexibility index (Phi) is 3.78. The second-order valence-electron chi connectivity index (χ2n) is 5.73. The molecule has 0 fully saturated rings. The molecule has 1 aliphatic rings. The Morgan fingerprint density at radius 1 is 1.50 bits per heavy atom. The zero-order chi connectivity index (χ0) is 15.0. The molecule has 0 aliphatic heterocycles. The number of methoxy groups -OCH3 is 1. The first kappa shape index (κ1) is 14.9. The molecule has 0 spiro atoms. The number of hydrogen-bond acceptors (Lipinski definition) is 3. The predicted octanol–water partition coefficient (Wildman–Crippen LogP) is 2.72. The summed E-state index contributed by atoms with van der Waals surface area (Å²) in [6, 6.07) is 5.57. The van der Waals surface area contributed by atoms with Crippen LogP contribution in [0.2, 0.25) is 0 Å². The van der Waals surface area contributed by atoms with Crippen LogP contribution in [0.15, 0.2) is 18.2 Å². The molecular formula is C16H22O4. The van der Waals surface area contributed by atoms with E-state index in [1.54, 1.807) is 27.0 Å². The number of aryl methyl sites for hydroxylation is 1. The van der Waals surface area contributed by atoms with Gasteiger partial charge in [0.15, 0.2) is 0 Å². The van der Waals surface area contributed by atoms with E-state index < -0.39 is 17.0 Å². The maximum Gasteiger partial charge on any atom is 0.312 e. The molecule has 110 valence electrons.